The van der Waals surface area contributed by atoms with E-state index in [4.69, 9.17) is 14.2 Å². The maximum atomic E-state index is 5.44. The molecule has 0 aromatic heterocycles. The normalized spacial score (nSPS) is 19.8. The molecule has 2 saturated heterocycles. The molecule has 0 unspecified atom stereocenters. The van der Waals surface area contributed by atoms with Crippen molar-refractivity contribution in [3.8, 4) is 0 Å². The highest BCUT2D eigenvalue weighted by Crippen LogP contribution is 2.01. The van der Waals surface area contributed by atoms with Gasteiger partial charge in [0.05, 0.1) is 39.6 Å². The molecule has 0 saturated carbocycles. The van der Waals surface area contributed by atoms with Crippen LogP contribution in [0.3, 0.4) is 0 Å². The molecule has 0 spiro atoms. The fraction of sp³-hybridized carbons (Fsp3) is 1.00. The molecular weight excluding hydrogens is 220 g/mol. The first kappa shape index (κ1) is 13.2. The number of nitrogens with zero attached hydrogens (tertiary/aromatic N) is 2. The van der Waals surface area contributed by atoms with E-state index in [9.17, 15) is 0 Å². The van der Waals surface area contributed by atoms with Crippen LogP contribution in [-0.4, -0.2) is 88.7 Å². The van der Waals surface area contributed by atoms with Crippen LogP contribution in [0, 0.1) is 0 Å². The first-order valence-electron chi connectivity index (χ1n) is 6.63. The molecule has 2 fully saturated rings. The van der Waals surface area contributed by atoms with Gasteiger partial charge in [-0.15, -0.1) is 0 Å². The topological polar surface area (TPSA) is 33.7 Å². The van der Waals surface area contributed by atoms with Gasteiger partial charge in [-0.05, 0) is 0 Å². The number of hydrogen-bond donors (Lipinski definition) is 0. The molecule has 17 heavy (non-hydrogen) atoms. The van der Waals surface area contributed by atoms with Crippen LogP contribution in [0.5, 0.6) is 0 Å². The third-order valence-electron chi connectivity index (χ3n) is 2.93. The zero-order valence-electron chi connectivity index (χ0n) is 10.6. The summed E-state index contributed by atoms with van der Waals surface area (Å²) in [6.07, 6.45) is 0. The van der Waals surface area contributed by atoms with E-state index in [1.54, 1.807) is 0 Å². The van der Waals surface area contributed by atoms with Gasteiger partial charge in [0.25, 0.3) is 0 Å². The Morgan fingerprint density at radius 2 is 0.882 bits per heavy atom. The zero-order valence-corrected chi connectivity index (χ0v) is 10.6. The van der Waals surface area contributed by atoms with E-state index < -0.39 is 0 Å². The molecule has 0 N–H and O–H groups in total. The molecule has 0 atom stereocenters. The second-order valence-corrected chi connectivity index (χ2v) is 4.52. The minimum absolute atomic E-state index is 0.676. The van der Waals surface area contributed by atoms with Gasteiger partial charge in [0.1, 0.15) is 0 Å². The van der Waals surface area contributed by atoms with Crippen molar-refractivity contribution in [2.75, 3.05) is 78.9 Å². The fourth-order valence-electron chi connectivity index (χ4n) is 1.52. The zero-order chi connectivity index (χ0) is 11.8. The number of rotatable bonds is 12. The van der Waals surface area contributed by atoms with Crippen LogP contribution in [-0.2, 0) is 14.2 Å². The van der Waals surface area contributed by atoms with Crippen LogP contribution >= 0.6 is 0 Å². The third kappa shape index (κ3) is 7.68. The third-order valence-corrected chi connectivity index (χ3v) is 2.93. The summed E-state index contributed by atoms with van der Waals surface area (Å²) in [4.78, 5) is 4.70. The highest BCUT2D eigenvalue weighted by atomic mass is 16.5. The van der Waals surface area contributed by atoms with Crippen LogP contribution in [0.25, 0.3) is 0 Å². The van der Waals surface area contributed by atoms with E-state index >= 15 is 0 Å². The largest absolute Gasteiger partial charge is 0.378 e. The lowest BCUT2D eigenvalue weighted by Crippen LogP contribution is -2.14. The van der Waals surface area contributed by atoms with Gasteiger partial charge in [-0.3, -0.25) is 9.80 Å². The maximum Gasteiger partial charge on any atom is 0.0701 e. The quantitative estimate of drug-likeness (QED) is 0.347. The maximum absolute atomic E-state index is 5.44. The Morgan fingerprint density at radius 3 is 1.24 bits per heavy atom. The summed E-state index contributed by atoms with van der Waals surface area (Å²) in [6, 6.07) is 0. The molecule has 0 radical (unpaired) electrons. The molecule has 2 aliphatic rings. The average Bonchev–Trinajstić information content (AvgIpc) is 3.19. The fourth-order valence-corrected chi connectivity index (χ4v) is 1.52. The van der Waals surface area contributed by atoms with Crippen molar-refractivity contribution < 1.29 is 14.2 Å². The van der Waals surface area contributed by atoms with Gasteiger partial charge in [0.15, 0.2) is 0 Å². The van der Waals surface area contributed by atoms with Gasteiger partial charge in [0.2, 0.25) is 0 Å². The van der Waals surface area contributed by atoms with Crippen molar-refractivity contribution in [1.82, 2.24) is 9.80 Å². The molecule has 2 aliphatic heterocycles. The molecule has 5 nitrogen and oxygen atoms in total. The van der Waals surface area contributed by atoms with Gasteiger partial charge < -0.3 is 14.2 Å². The Balaban J connectivity index is 1.20. The van der Waals surface area contributed by atoms with Crippen molar-refractivity contribution in [3.63, 3.8) is 0 Å². The van der Waals surface area contributed by atoms with Crippen LogP contribution in [0.1, 0.15) is 0 Å². The SMILES string of the molecule is C(COCCN1CC1)OCCOCCN1CC1. The molecular formula is C12H24N2O3. The van der Waals surface area contributed by atoms with E-state index in [-0.39, 0.29) is 0 Å². The smallest absolute Gasteiger partial charge is 0.0701 e. The Morgan fingerprint density at radius 1 is 0.529 bits per heavy atom. The lowest BCUT2D eigenvalue weighted by atomic mass is 10.6. The van der Waals surface area contributed by atoms with Gasteiger partial charge in [-0.25, -0.2) is 0 Å². The van der Waals surface area contributed by atoms with E-state index in [2.05, 4.69) is 9.80 Å². The highest BCUT2D eigenvalue weighted by Gasteiger charge is 2.16. The van der Waals surface area contributed by atoms with Gasteiger partial charge in [0, 0.05) is 39.3 Å². The Kier molecular flexibility index (Phi) is 6.23. The summed E-state index contributed by atoms with van der Waals surface area (Å²) in [5.41, 5.74) is 0. The second-order valence-electron chi connectivity index (χ2n) is 4.52. The lowest BCUT2D eigenvalue weighted by molar-refractivity contribution is 0.0129. The highest BCUT2D eigenvalue weighted by molar-refractivity contribution is 4.71. The molecule has 0 amide bonds. The van der Waals surface area contributed by atoms with Gasteiger partial charge in [-0.2, -0.15) is 0 Å². The first-order valence-corrected chi connectivity index (χ1v) is 6.63. The first-order chi connectivity index (χ1) is 8.45. The molecule has 2 rings (SSSR count). The molecule has 100 valence electrons. The van der Waals surface area contributed by atoms with E-state index in [0.29, 0.717) is 26.4 Å². The Bertz CT molecular complexity index is 176. The predicted octanol–water partition coefficient (Wildman–Crippen LogP) is -0.333. The molecule has 0 aromatic rings. The molecule has 0 bridgehead atoms. The monoisotopic (exact) mass is 244 g/mol. The van der Waals surface area contributed by atoms with Gasteiger partial charge in [-0.1, -0.05) is 0 Å². The van der Waals surface area contributed by atoms with Crippen molar-refractivity contribution in [2.24, 2.45) is 0 Å². The summed E-state index contributed by atoms with van der Waals surface area (Å²) < 4.78 is 16.3. The van der Waals surface area contributed by atoms with E-state index in [1.807, 2.05) is 0 Å². The molecule has 0 aliphatic carbocycles. The standard InChI is InChI=1S/C12H24N2O3/c1-2-13(1)5-7-15-9-11-17-12-10-16-8-6-14-3-4-14/h1-12H2. The van der Waals surface area contributed by atoms with E-state index in [0.717, 1.165) is 26.3 Å². The minimum atomic E-state index is 0.676. The number of hydrogen-bond acceptors (Lipinski definition) is 5. The summed E-state index contributed by atoms with van der Waals surface area (Å²) >= 11 is 0. The van der Waals surface area contributed by atoms with Crippen molar-refractivity contribution in [3.05, 3.63) is 0 Å². The summed E-state index contributed by atoms with van der Waals surface area (Å²) in [5.74, 6) is 0. The molecule has 0 aromatic carbocycles. The lowest BCUT2D eigenvalue weighted by Gasteiger charge is -2.07. The second kappa shape index (κ2) is 8.00. The summed E-state index contributed by atoms with van der Waals surface area (Å²) in [6.45, 7) is 11.5. The van der Waals surface area contributed by atoms with Crippen molar-refractivity contribution in [1.29, 1.82) is 0 Å². The van der Waals surface area contributed by atoms with E-state index in [1.165, 1.54) is 26.2 Å². The summed E-state index contributed by atoms with van der Waals surface area (Å²) in [5, 5.41) is 0. The molecule has 2 heterocycles. The predicted molar refractivity (Wildman–Crippen MR) is 65.3 cm³/mol. The number of ether oxygens (including phenoxy) is 3. The Labute approximate surface area is 104 Å². The Hall–Kier alpha value is -0.200. The van der Waals surface area contributed by atoms with Crippen molar-refractivity contribution in [2.45, 2.75) is 0 Å². The van der Waals surface area contributed by atoms with Crippen molar-refractivity contribution >= 4 is 0 Å². The summed E-state index contributed by atoms with van der Waals surface area (Å²) in [7, 11) is 0. The average molecular weight is 244 g/mol. The van der Waals surface area contributed by atoms with Crippen LogP contribution in [0.4, 0.5) is 0 Å². The van der Waals surface area contributed by atoms with Crippen LogP contribution < -0.4 is 0 Å². The van der Waals surface area contributed by atoms with Crippen LogP contribution in [0.15, 0.2) is 0 Å². The van der Waals surface area contributed by atoms with Gasteiger partial charge >= 0.3 is 0 Å². The van der Waals surface area contributed by atoms with Crippen LogP contribution in [0.2, 0.25) is 0 Å². The minimum Gasteiger partial charge on any atom is -0.378 e. The molecule has 5 heteroatoms.